The van der Waals surface area contributed by atoms with Crippen LogP contribution in [0.25, 0.3) is 10.8 Å². The van der Waals surface area contributed by atoms with Crippen molar-refractivity contribution < 1.29 is 4.74 Å². The molecule has 6 atom stereocenters. The zero-order chi connectivity index (χ0) is 24.0. The zero-order valence-corrected chi connectivity index (χ0v) is 21.9. The molecule has 3 nitrogen and oxygen atoms in total. The van der Waals surface area contributed by atoms with Gasteiger partial charge in [-0.05, 0) is 124 Å². The van der Waals surface area contributed by atoms with Gasteiger partial charge in [0.1, 0.15) is 0 Å². The molecule has 0 N–H and O–H groups in total. The van der Waals surface area contributed by atoms with Crippen LogP contribution in [0.3, 0.4) is 0 Å². The molecule has 1 aromatic carbocycles. The fourth-order valence-electron chi connectivity index (χ4n) is 9.02. The lowest BCUT2D eigenvalue weighted by molar-refractivity contribution is -0.141. The number of aromatic nitrogens is 1. The number of ether oxygens (including phenoxy) is 1. The Kier molecular flexibility index (Phi) is 4.78. The molecule has 3 heterocycles. The molecule has 1 saturated heterocycles. The molecular weight excluding hydrogens is 428 g/mol. The molecule has 2 saturated carbocycles. The van der Waals surface area contributed by atoms with Crippen molar-refractivity contribution in [2.45, 2.75) is 101 Å². The predicted octanol–water partition coefficient (Wildman–Crippen LogP) is 7.19. The summed E-state index contributed by atoms with van der Waals surface area (Å²) in [7, 11) is 2.32. The predicted molar refractivity (Wildman–Crippen MR) is 142 cm³/mol. The van der Waals surface area contributed by atoms with Crippen LogP contribution in [-0.2, 0) is 4.74 Å². The van der Waals surface area contributed by atoms with Gasteiger partial charge in [0.2, 0.25) is 0 Å². The summed E-state index contributed by atoms with van der Waals surface area (Å²) in [5.41, 5.74) is 4.79. The molecule has 1 aromatic heterocycles. The Morgan fingerprint density at radius 2 is 1.97 bits per heavy atom. The van der Waals surface area contributed by atoms with Gasteiger partial charge in [-0.2, -0.15) is 0 Å². The van der Waals surface area contributed by atoms with Gasteiger partial charge >= 0.3 is 0 Å². The Bertz CT molecular complexity index is 1250. The molecule has 2 aromatic rings. The highest BCUT2D eigenvalue weighted by molar-refractivity contribution is 5.82. The van der Waals surface area contributed by atoms with Gasteiger partial charge in [-0.25, -0.2) is 0 Å². The van der Waals surface area contributed by atoms with E-state index >= 15 is 0 Å². The van der Waals surface area contributed by atoms with E-state index in [1.54, 1.807) is 5.57 Å². The van der Waals surface area contributed by atoms with E-state index in [1.807, 2.05) is 12.4 Å². The molecular formula is C32H40N2O. The standard InChI is InChI=1S/C32H40N2O/c1-21(2)34(4)27-8-7-25-18-26-11-13-30(3)28(23-6-5-22-12-16-33-20-24(22)17-23)9-10-29(30)32(26)15-14-31(25,19-27)35-32/h5-6,11-12,16-18,20-21,27-29H,7-10,13-15,19H2,1-4H3/t27?,28-,29-,30-,31-,32-/m1/s1. The van der Waals surface area contributed by atoms with Crippen LogP contribution < -0.4 is 0 Å². The van der Waals surface area contributed by atoms with Crippen molar-refractivity contribution in [2.75, 3.05) is 7.05 Å². The average Bonchev–Trinajstić information content (AvgIpc) is 3.38. The monoisotopic (exact) mass is 468 g/mol. The summed E-state index contributed by atoms with van der Waals surface area (Å²) >= 11 is 0. The third kappa shape index (κ3) is 3.01. The van der Waals surface area contributed by atoms with Crippen molar-refractivity contribution >= 4 is 10.8 Å². The van der Waals surface area contributed by atoms with E-state index in [9.17, 15) is 0 Å². The molecule has 5 aliphatic rings. The van der Waals surface area contributed by atoms with Crippen molar-refractivity contribution in [3.8, 4) is 0 Å². The third-order valence-electron chi connectivity index (χ3n) is 11.1. The summed E-state index contributed by atoms with van der Waals surface area (Å²) in [6, 6.07) is 10.4. The Morgan fingerprint density at radius 1 is 1.09 bits per heavy atom. The van der Waals surface area contributed by atoms with Crippen LogP contribution in [0.4, 0.5) is 0 Å². The summed E-state index contributed by atoms with van der Waals surface area (Å²) in [4.78, 5) is 6.98. The molecule has 3 fully saturated rings. The number of hydrogen-bond acceptors (Lipinski definition) is 3. The fraction of sp³-hybridized carbons (Fsp3) is 0.594. The van der Waals surface area contributed by atoms with Gasteiger partial charge in [-0.1, -0.05) is 31.2 Å². The summed E-state index contributed by atoms with van der Waals surface area (Å²) in [6.45, 7) is 7.24. The second-order valence-electron chi connectivity index (χ2n) is 12.8. The lowest BCUT2D eigenvalue weighted by atomic mass is 9.58. The highest BCUT2D eigenvalue weighted by Gasteiger charge is 2.66. The Labute approximate surface area is 210 Å². The first-order valence-electron chi connectivity index (χ1n) is 14.0. The number of benzene rings is 1. The van der Waals surface area contributed by atoms with Gasteiger partial charge < -0.3 is 9.64 Å². The molecule has 7 rings (SSSR count). The maximum atomic E-state index is 7.50. The normalized spacial score (nSPS) is 39.9. The minimum absolute atomic E-state index is 0.0195. The van der Waals surface area contributed by atoms with Crippen LogP contribution in [-0.4, -0.2) is 40.2 Å². The Balaban J connectivity index is 1.25. The van der Waals surface area contributed by atoms with E-state index < -0.39 is 0 Å². The maximum absolute atomic E-state index is 7.50. The summed E-state index contributed by atoms with van der Waals surface area (Å²) in [6.07, 6.45) is 18.9. The van der Waals surface area contributed by atoms with Gasteiger partial charge in [0.15, 0.2) is 0 Å². The van der Waals surface area contributed by atoms with Crippen LogP contribution >= 0.6 is 0 Å². The van der Waals surface area contributed by atoms with Gasteiger partial charge in [-0.3, -0.25) is 4.98 Å². The Hall–Kier alpha value is -1.97. The minimum atomic E-state index is -0.0675. The SMILES string of the molecule is CC(C)N(C)C1CCC2=CC3=CC[C@]4(C)[C@@H](c5ccc6ccncc6c5)CC[C@H]4[C@@]34CC[C@]2(C1)O4. The largest absolute Gasteiger partial charge is 0.359 e. The smallest absolute Gasteiger partial charge is 0.0974 e. The highest BCUT2D eigenvalue weighted by Crippen LogP contribution is 2.69. The van der Waals surface area contributed by atoms with Gasteiger partial charge in [-0.15, -0.1) is 0 Å². The third-order valence-corrected chi connectivity index (χ3v) is 11.1. The molecule has 2 aliphatic heterocycles. The molecule has 0 radical (unpaired) electrons. The minimum Gasteiger partial charge on any atom is -0.359 e. The second kappa shape index (κ2) is 7.52. The number of rotatable bonds is 3. The van der Waals surface area contributed by atoms with E-state index in [-0.39, 0.29) is 16.6 Å². The van der Waals surface area contributed by atoms with Crippen LogP contribution in [0.1, 0.15) is 83.6 Å². The molecule has 1 unspecified atom stereocenters. The second-order valence-corrected chi connectivity index (χ2v) is 12.8. The molecule has 35 heavy (non-hydrogen) atoms. The number of nitrogens with zero attached hydrogens (tertiary/aromatic N) is 2. The lowest BCUT2D eigenvalue weighted by Gasteiger charge is -2.55. The molecule has 184 valence electrons. The number of hydrogen-bond donors (Lipinski definition) is 0. The zero-order valence-electron chi connectivity index (χ0n) is 21.9. The van der Waals surface area contributed by atoms with Crippen molar-refractivity contribution in [3.63, 3.8) is 0 Å². The summed E-state index contributed by atoms with van der Waals surface area (Å²) in [5.74, 6) is 1.19. The van der Waals surface area contributed by atoms with E-state index in [0.717, 1.165) is 0 Å². The summed E-state index contributed by atoms with van der Waals surface area (Å²) < 4.78 is 7.50. The number of fused-ring (bicyclic) bond motifs is 2. The molecule has 3 aliphatic carbocycles. The molecule has 2 spiro atoms. The van der Waals surface area contributed by atoms with Gasteiger partial charge in [0.25, 0.3) is 0 Å². The highest BCUT2D eigenvalue weighted by atomic mass is 16.5. The lowest BCUT2D eigenvalue weighted by Crippen LogP contribution is -2.55. The van der Waals surface area contributed by atoms with Crippen molar-refractivity contribution in [3.05, 3.63) is 65.5 Å². The van der Waals surface area contributed by atoms with Crippen molar-refractivity contribution in [2.24, 2.45) is 11.3 Å². The quantitative estimate of drug-likeness (QED) is 0.477. The average molecular weight is 469 g/mol. The topological polar surface area (TPSA) is 25.4 Å². The fourth-order valence-corrected chi connectivity index (χ4v) is 9.02. The molecule has 2 bridgehead atoms. The Morgan fingerprint density at radius 3 is 2.83 bits per heavy atom. The van der Waals surface area contributed by atoms with E-state index in [1.165, 1.54) is 73.3 Å². The van der Waals surface area contributed by atoms with Crippen LogP contribution in [0.2, 0.25) is 0 Å². The van der Waals surface area contributed by atoms with Crippen molar-refractivity contribution in [1.82, 2.24) is 9.88 Å². The molecule has 3 heteroatoms. The van der Waals surface area contributed by atoms with E-state index in [4.69, 9.17) is 4.74 Å². The molecule has 0 amide bonds. The van der Waals surface area contributed by atoms with Gasteiger partial charge in [0, 0.05) is 29.9 Å². The first-order chi connectivity index (χ1) is 16.8. The van der Waals surface area contributed by atoms with Gasteiger partial charge in [0.05, 0.1) is 11.2 Å². The number of pyridine rings is 1. The first kappa shape index (κ1) is 22.2. The summed E-state index contributed by atoms with van der Waals surface area (Å²) in [5, 5.41) is 2.56. The maximum Gasteiger partial charge on any atom is 0.0974 e. The van der Waals surface area contributed by atoms with Crippen LogP contribution in [0.15, 0.2) is 60.0 Å². The van der Waals surface area contributed by atoms with E-state index in [2.05, 4.69) is 74.1 Å². The number of allylic oxidation sites excluding steroid dienone is 1. The van der Waals surface area contributed by atoms with Crippen LogP contribution in [0.5, 0.6) is 0 Å². The van der Waals surface area contributed by atoms with Crippen molar-refractivity contribution in [1.29, 1.82) is 0 Å². The van der Waals surface area contributed by atoms with Crippen LogP contribution in [0, 0.1) is 11.3 Å². The van der Waals surface area contributed by atoms with E-state index in [0.29, 0.717) is 23.9 Å². The first-order valence-corrected chi connectivity index (χ1v) is 14.0.